The summed E-state index contributed by atoms with van der Waals surface area (Å²) >= 11 is 6.25. The summed E-state index contributed by atoms with van der Waals surface area (Å²) < 4.78 is 0. The van der Waals surface area contributed by atoms with Crippen molar-refractivity contribution in [1.82, 2.24) is 0 Å². The van der Waals surface area contributed by atoms with Crippen LogP contribution in [0.2, 0.25) is 5.02 Å². The molecule has 4 aliphatic carbocycles. The fraction of sp³-hybridized carbons (Fsp3) is 0.294. The van der Waals surface area contributed by atoms with Gasteiger partial charge in [0, 0.05) is 22.1 Å². The van der Waals surface area contributed by atoms with E-state index in [-0.39, 0.29) is 0 Å². The van der Waals surface area contributed by atoms with Crippen molar-refractivity contribution in [3.8, 4) is 11.1 Å². The summed E-state index contributed by atoms with van der Waals surface area (Å²) in [5, 5.41) is 0.760. The van der Waals surface area contributed by atoms with Gasteiger partial charge in [-0.25, -0.2) is 0 Å². The minimum Gasteiger partial charge on any atom is -0.311 e. The molecule has 36 heavy (non-hydrogen) atoms. The first kappa shape index (κ1) is 22.2. The zero-order valence-electron chi connectivity index (χ0n) is 20.6. The third-order valence-electron chi connectivity index (χ3n) is 9.09. The Hall–Kier alpha value is -3.03. The van der Waals surface area contributed by atoms with Crippen molar-refractivity contribution in [1.29, 1.82) is 0 Å². The first-order chi connectivity index (χ1) is 17.6. The van der Waals surface area contributed by atoms with Crippen LogP contribution in [0.25, 0.3) is 11.1 Å². The van der Waals surface area contributed by atoms with Gasteiger partial charge in [0.2, 0.25) is 0 Å². The molecular formula is C34H32ClN. The second kappa shape index (κ2) is 8.82. The number of hydrogen-bond donors (Lipinski definition) is 0. The molecule has 0 amide bonds. The van der Waals surface area contributed by atoms with Gasteiger partial charge in [-0.1, -0.05) is 66.2 Å². The number of anilines is 3. The van der Waals surface area contributed by atoms with Crippen LogP contribution in [0.15, 0.2) is 103 Å². The average Bonchev–Trinajstić information content (AvgIpc) is 2.90. The van der Waals surface area contributed by atoms with Gasteiger partial charge in [0.1, 0.15) is 0 Å². The molecule has 0 saturated heterocycles. The van der Waals surface area contributed by atoms with Gasteiger partial charge in [-0.05, 0) is 127 Å². The molecule has 0 atom stereocenters. The van der Waals surface area contributed by atoms with E-state index in [0.29, 0.717) is 5.41 Å². The van der Waals surface area contributed by atoms with E-state index in [0.717, 1.165) is 34.2 Å². The molecule has 1 nitrogen and oxygen atoms in total. The van der Waals surface area contributed by atoms with Crippen molar-refractivity contribution in [2.75, 3.05) is 4.90 Å². The average molecular weight is 490 g/mol. The zero-order valence-corrected chi connectivity index (χ0v) is 21.4. The fourth-order valence-corrected chi connectivity index (χ4v) is 8.03. The van der Waals surface area contributed by atoms with Crippen LogP contribution in [-0.4, -0.2) is 0 Å². The summed E-state index contributed by atoms with van der Waals surface area (Å²) in [6.45, 7) is 0. The van der Waals surface area contributed by atoms with E-state index in [1.54, 1.807) is 5.56 Å². The van der Waals surface area contributed by atoms with E-state index in [1.165, 1.54) is 55.3 Å². The third-order valence-corrected chi connectivity index (χ3v) is 9.35. The van der Waals surface area contributed by atoms with Crippen molar-refractivity contribution >= 4 is 28.7 Å². The second-order valence-corrected chi connectivity index (χ2v) is 11.9. The molecule has 0 unspecified atom stereocenters. The molecule has 4 saturated carbocycles. The van der Waals surface area contributed by atoms with Gasteiger partial charge in [-0.15, -0.1) is 0 Å². The van der Waals surface area contributed by atoms with Crippen LogP contribution < -0.4 is 4.90 Å². The number of rotatable bonds is 5. The summed E-state index contributed by atoms with van der Waals surface area (Å²) in [7, 11) is 0. The van der Waals surface area contributed by atoms with Gasteiger partial charge in [0.25, 0.3) is 0 Å². The fourth-order valence-electron chi connectivity index (χ4n) is 7.90. The summed E-state index contributed by atoms with van der Waals surface area (Å²) in [6.07, 6.45) is 8.67. The lowest BCUT2D eigenvalue weighted by Crippen LogP contribution is -2.48. The van der Waals surface area contributed by atoms with E-state index in [2.05, 4.69) is 95.9 Å². The van der Waals surface area contributed by atoms with Gasteiger partial charge >= 0.3 is 0 Å². The molecule has 0 aromatic heterocycles. The topological polar surface area (TPSA) is 3.24 Å². The lowest BCUT2D eigenvalue weighted by molar-refractivity contribution is -0.00518. The maximum absolute atomic E-state index is 6.25. The second-order valence-electron chi connectivity index (χ2n) is 11.5. The Labute approximate surface area is 219 Å². The monoisotopic (exact) mass is 489 g/mol. The SMILES string of the molecule is Clc1ccc(N(c2ccc(-c3ccccc3)cc2)c2ccc(C34CC5CC(CC(C5)C3)C4)cc2)cc1. The maximum Gasteiger partial charge on any atom is 0.0462 e. The normalized spacial score (nSPS) is 26.2. The smallest absolute Gasteiger partial charge is 0.0462 e. The minimum absolute atomic E-state index is 0.426. The third kappa shape index (κ3) is 3.95. The van der Waals surface area contributed by atoms with Gasteiger partial charge in [0.05, 0.1) is 0 Å². The first-order valence-electron chi connectivity index (χ1n) is 13.5. The molecule has 2 heteroatoms. The van der Waals surface area contributed by atoms with E-state index in [9.17, 15) is 0 Å². The molecule has 0 aliphatic heterocycles. The Morgan fingerprint density at radius 1 is 0.528 bits per heavy atom. The zero-order chi connectivity index (χ0) is 24.1. The molecule has 180 valence electrons. The molecule has 8 rings (SSSR count). The quantitative estimate of drug-likeness (QED) is 0.269. The molecule has 0 heterocycles. The molecule has 4 aromatic carbocycles. The molecule has 0 spiro atoms. The van der Waals surface area contributed by atoms with Crippen molar-refractivity contribution < 1.29 is 0 Å². The van der Waals surface area contributed by atoms with Crippen LogP contribution in [0.1, 0.15) is 44.1 Å². The maximum atomic E-state index is 6.25. The van der Waals surface area contributed by atoms with Gasteiger partial charge in [0.15, 0.2) is 0 Å². The van der Waals surface area contributed by atoms with Gasteiger partial charge in [-0.3, -0.25) is 0 Å². The van der Waals surface area contributed by atoms with Crippen LogP contribution in [-0.2, 0) is 5.41 Å². The highest BCUT2D eigenvalue weighted by molar-refractivity contribution is 6.30. The number of benzene rings is 4. The molecule has 0 radical (unpaired) electrons. The highest BCUT2D eigenvalue weighted by Gasteiger charge is 2.51. The van der Waals surface area contributed by atoms with Crippen LogP contribution in [0.4, 0.5) is 17.1 Å². The van der Waals surface area contributed by atoms with Crippen LogP contribution in [0.3, 0.4) is 0 Å². The highest BCUT2D eigenvalue weighted by atomic mass is 35.5. The Morgan fingerprint density at radius 3 is 1.50 bits per heavy atom. The summed E-state index contributed by atoms with van der Waals surface area (Å²) in [5.74, 6) is 2.89. The summed E-state index contributed by atoms with van der Waals surface area (Å²) in [6, 6.07) is 37.2. The first-order valence-corrected chi connectivity index (χ1v) is 13.8. The van der Waals surface area contributed by atoms with E-state index >= 15 is 0 Å². The molecule has 4 bridgehead atoms. The van der Waals surface area contributed by atoms with Gasteiger partial charge in [-0.2, -0.15) is 0 Å². The van der Waals surface area contributed by atoms with Gasteiger partial charge < -0.3 is 4.90 Å². The number of halogens is 1. The van der Waals surface area contributed by atoms with Crippen LogP contribution in [0.5, 0.6) is 0 Å². The molecule has 4 aliphatic rings. The van der Waals surface area contributed by atoms with Crippen molar-refractivity contribution in [2.45, 2.75) is 43.9 Å². The standard InChI is InChI=1S/C34H32ClN/c35-30-10-16-33(17-11-30)36(31-12-6-28(7-13-31)27-4-2-1-3-5-27)32-14-8-29(9-15-32)34-21-24-18-25(22-34)20-26(19-24)23-34/h1-17,24-26H,18-23H2. The highest BCUT2D eigenvalue weighted by Crippen LogP contribution is 2.60. The van der Waals surface area contributed by atoms with E-state index in [4.69, 9.17) is 11.6 Å². The Balaban J connectivity index is 1.24. The number of hydrogen-bond acceptors (Lipinski definition) is 1. The Bertz CT molecular complexity index is 1300. The lowest BCUT2D eigenvalue weighted by atomic mass is 9.48. The predicted molar refractivity (Wildman–Crippen MR) is 151 cm³/mol. The molecule has 4 fully saturated rings. The minimum atomic E-state index is 0.426. The molecule has 4 aromatic rings. The van der Waals surface area contributed by atoms with Crippen molar-refractivity contribution in [2.24, 2.45) is 17.8 Å². The predicted octanol–water partition coefficient (Wildman–Crippen LogP) is 9.94. The summed E-state index contributed by atoms with van der Waals surface area (Å²) in [4.78, 5) is 2.34. The Morgan fingerprint density at radius 2 is 0.972 bits per heavy atom. The van der Waals surface area contributed by atoms with Crippen LogP contribution >= 0.6 is 11.6 Å². The van der Waals surface area contributed by atoms with E-state index < -0.39 is 0 Å². The lowest BCUT2D eigenvalue weighted by Gasteiger charge is -2.57. The van der Waals surface area contributed by atoms with Crippen molar-refractivity contribution in [3.05, 3.63) is 114 Å². The van der Waals surface area contributed by atoms with Crippen LogP contribution in [0, 0.1) is 17.8 Å². The number of nitrogens with zero attached hydrogens (tertiary/aromatic N) is 1. The largest absolute Gasteiger partial charge is 0.311 e. The van der Waals surface area contributed by atoms with Crippen molar-refractivity contribution in [3.63, 3.8) is 0 Å². The Kier molecular flexibility index (Phi) is 5.44. The molecular weight excluding hydrogens is 458 g/mol. The molecule has 0 N–H and O–H groups in total. The van der Waals surface area contributed by atoms with E-state index in [1.807, 2.05) is 12.1 Å². The summed E-state index contributed by atoms with van der Waals surface area (Å²) in [5.41, 5.74) is 7.93.